The highest BCUT2D eigenvalue weighted by atomic mass is 14.7. The number of aromatic nitrogens is 1. The maximum absolute atomic E-state index is 6.85. The number of rotatable bonds is 1. The summed E-state index contributed by atoms with van der Waals surface area (Å²) >= 11 is 0. The van der Waals surface area contributed by atoms with Crippen molar-refractivity contribution in [2.75, 3.05) is 0 Å². The number of hydrogen-bond donors (Lipinski definition) is 1. The highest BCUT2D eigenvalue weighted by molar-refractivity contribution is 5.73. The van der Waals surface area contributed by atoms with Gasteiger partial charge in [-0.3, -0.25) is 4.98 Å². The molecule has 0 unspecified atom stereocenters. The second-order valence-corrected chi connectivity index (χ2v) is 1.85. The molecular weight excluding hydrogens is 136 g/mol. The van der Waals surface area contributed by atoms with E-state index in [1.165, 1.54) is 6.21 Å². The zero-order valence-corrected chi connectivity index (χ0v) is 7.26. The van der Waals surface area contributed by atoms with E-state index in [2.05, 4.69) is 4.98 Å². The largest absolute Gasteiger partial charge is 0.307 e. The van der Waals surface area contributed by atoms with Crippen LogP contribution in [0.3, 0.4) is 0 Å². The lowest BCUT2D eigenvalue weighted by Gasteiger charge is -1.90. The Balaban J connectivity index is 0.000000461. The lowest BCUT2D eigenvalue weighted by molar-refractivity contribution is 1.18. The van der Waals surface area contributed by atoms with Crippen LogP contribution < -0.4 is 0 Å². The molecule has 0 spiro atoms. The summed E-state index contributed by atoms with van der Waals surface area (Å²) in [5, 5.41) is 6.85. The third-order valence-electron chi connectivity index (χ3n) is 1.06. The molecule has 0 radical (unpaired) electrons. The maximum Gasteiger partial charge on any atom is 0.0808 e. The van der Waals surface area contributed by atoms with Crippen LogP contribution in [0.15, 0.2) is 18.2 Å². The molecule has 0 aromatic carbocycles. The van der Waals surface area contributed by atoms with E-state index >= 15 is 0 Å². The SMILES string of the molecule is CC.Cc1cccc(C=N)n1. The van der Waals surface area contributed by atoms with E-state index in [-0.39, 0.29) is 0 Å². The first kappa shape index (κ1) is 9.82. The summed E-state index contributed by atoms with van der Waals surface area (Å²) < 4.78 is 0. The minimum absolute atomic E-state index is 0.718. The number of nitrogens with one attached hydrogen (secondary N) is 1. The molecule has 2 heteroatoms. The molecule has 1 N–H and O–H groups in total. The maximum atomic E-state index is 6.85. The van der Waals surface area contributed by atoms with Crippen LogP contribution >= 0.6 is 0 Å². The summed E-state index contributed by atoms with van der Waals surface area (Å²) in [5.41, 5.74) is 1.67. The Labute approximate surface area is 67.8 Å². The van der Waals surface area contributed by atoms with Crippen molar-refractivity contribution in [2.45, 2.75) is 20.8 Å². The van der Waals surface area contributed by atoms with Gasteiger partial charge in [0.15, 0.2) is 0 Å². The average Bonchev–Trinajstić information content (AvgIpc) is 2.08. The van der Waals surface area contributed by atoms with Crippen molar-refractivity contribution in [3.8, 4) is 0 Å². The fourth-order valence-corrected chi connectivity index (χ4v) is 0.645. The van der Waals surface area contributed by atoms with Gasteiger partial charge in [0.05, 0.1) is 5.69 Å². The highest BCUT2D eigenvalue weighted by Gasteiger charge is 1.85. The van der Waals surface area contributed by atoms with Gasteiger partial charge in [-0.05, 0) is 19.1 Å². The van der Waals surface area contributed by atoms with Crippen molar-refractivity contribution in [3.63, 3.8) is 0 Å². The van der Waals surface area contributed by atoms with Gasteiger partial charge in [-0.15, -0.1) is 0 Å². The Kier molecular flexibility index (Phi) is 4.99. The predicted molar refractivity (Wildman–Crippen MR) is 48.2 cm³/mol. The van der Waals surface area contributed by atoms with Gasteiger partial charge in [-0.25, -0.2) is 0 Å². The Hall–Kier alpha value is -1.18. The zero-order chi connectivity index (χ0) is 8.69. The van der Waals surface area contributed by atoms with Crippen LogP contribution in [0.1, 0.15) is 25.2 Å². The van der Waals surface area contributed by atoms with Gasteiger partial charge in [-0.1, -0.05) is 19.9 Å². The van der Waals surface area contributed by atoms with E-state index in [0.717, 1.165) is 11.4 Å². The monoisotopic (exact) mass is 150 g/mol. The van der Waals surface area contributed by atoms with Gasteiger partial charge in [0.2, 0.25) is 0 Å². The first-order valence-corrected chi connectivity index (χ1v) is 3.77. The van der Waals surface area contributed by atoms with E-state index in [4.69, 9.17) is 5.41 Å². The van der Waals surface area contributed by atoms with E-state index in [1.54, 1.807) is 6.07 Å². The van der Waals surface area contributed by atoms with E-state index in [9.17, 15) is 0 Å². The normalized spacial score (nSPS) is 7.91. The summed E-state index contributed by atoms with van der Waals surface area (Å²) in [7, 11) is 0. The van der Waals surface area contributed by atoms with Gasteiger partial charge in [0.25, 0.3) is 0 Å². The summed E-state index contributed by atoms with van der Waals surface area (Å²) in [6.45, 7) is 5.91. The van der Waals surface area contributed by atoms with Crippen LogP contribution in [0.25, 0.3) is 0 Å². The fraction of sp³-hybridized carbons (Fsp3) is 0.333. The molecule has 1 heterocycles. The molecule has 0 aliphatic rings. The predicted octanol–water partition coefficient (Wildman–Crippen LogP) is 2.41. The van der Waals surface area contributed by atoms with E-state index in [0.29, 0.717) is 0 Å². The number of pyridine rings is 1. The molecule has 0 atom stereocenters. The summed E-state index contributed by atoms with van der Waals surface area (Å²) in [5.74, 6) is 0. The molecule has 0 saturated carbocycles. The van der Waals surface area contributed by atoms with Gasteiger partial charge < -0.3 is 5.41 Å². The van der Waals surface area contributed by atoms with Gasteiger partial charge in [0.1, 0.15) is 0 Å². The summed E-state index contributed by atoms with van der Waals surface area (Å²) in [6.07, 6.45) is 1.24. The van der Waals surface area contributed by atoms with Crippen molar-refractivity contribution in [1.82, 2.24) is 4.98 Å². The van der Waals surface area contributed by atoms with Crippen molar-refractivity contribution in [2.24, 2.45) is 0 Å². The average molecular weight is 150 g/mol. The Morgan fingerprint density at radius 3 is 2.36 bits per heavy atom. The quantitative estimate of drug-likeness (QED) is 0.613. The minimum atomic E-state index is 0.718. The molecule has 1 aromatic heterocycles. The van der Waals surface area contributed by atoms with Crippen molar-refractivity contribution < 1.29 is 0 Å². The molecule has 60 valence electrons. The highest BCUT2D eigenvalue weighted by Crippen LogP contribution is 1.93. The Bertz CT molecular complexity index is 219. The summed E-state index contributed by atoms with van der Waals surface area (Å²) in [4.78, 5) is 4.05. The lowest BCUT2D eigenvalue weighted by atomic mass is 10.3. The fourth-order valence-electron chi connectivity index (χ4n) is 0.645. The molecule has 2 nitrogen and oxygen atoms in total. The van der Waals surface area contributed by atoms with Gasteiger partial charge in [-0.2, -0.15) is 0 Å². The number of aryl methyl sites for hydroxylation is 1. The van der Waals surface area contributed by atoms with E-state index in [1.807, 2.05) is 32.9 Å². The van der Waals surface area contributed by atoms with Crippen LogP contribution in [0.2, 0.25) is 0 Å². The first-order valence-electron chi connectivity index (χ1n) is 3.77. The van der Waals surface area contributed by atoms with Crippen LogP contribution in [-0.4, -0.2) is 11.2 Å². The van der Waals surface area contributed by atoms with Crippen molar-refractivity contribution in [3.05, 3.63) is 29.6 Å². The second-order valence-electron chi connectivity index (χ2n) is 1.85. The van der Waals surface area contributed by atoms with Crippen molar-refractivity contribution >= 4 is 6.21 Å². The smallest absolute Gasteiger partial charge is 0.0808 e. The topological polar surface area (TPSA) is 36.7 Å². The summed E-state index contributed by atoms with van der Waals surface area (Å²) in [6, 6.07) is 5.61. The van der Waals surface area contributed by atoms with Crippen LogP contribution in [0, 0.1) is 12.3 Å². The zero-order valence-electron chi connectivity index (χ0n) is 7.26. The second kappa shape index (κ2) is 5.59. The molecule has 0 fully saturated rings. The molecule has 1 rings (SSSR count). The molecule has 0 aliphatic heterocycles. The van der Waals surface area contributed by atoms with Gasteiger partial charge >= 0.3 is 0 Å². The Morgan fingerprint density at radius 2 is 2.00 bits per heavy atom. The van der Waals surface area contributed by atoms with E-state index < -0.39 is 0 Å². The van der Waals surface area contributed by atoms with Crippen LogP contribution in [0.5, 0.6) is 0 Å². The Morgan fingerprint density at radius 1 is 1.36 bits per heavy atom. The third-order valence-corrected chi connectivity index (χ3v) is 1.06. The van der Waals surface area contributed by atoms with Crippen molar-refractivity contribution in [1.29, 1.82) is 5.41 Å². The molecule has 1 aromatic rings. The van der Waals surface area contributed by atoms with Crippen LogP contribution in [-0.2, 0) is 0 Å². The van der Waals surface area contributed by atoms with Gasteiger partial charge in [0, 0.05) is 11.9 Å². The molecule has 0 bridgehead atoms. The molecule has 0 saturated heterocycles. The molecule has 0 amide bonds. The lowest BCUT2D eigenvalue weighted by Crippen LogP contribution is -1.86. The molecule has 11 heavy (non-hydrogen) atoms. The third kappa shape index (κ3) is 3.50. The number of nitrogens with zero attached hydrogens (tertiary/aromatic N) is 1. The standard InChI is InChI=1S/C7H8N2.C2H6/c1-6-3-2-4-7(5-8)9-6;1-2/h2-5,8H,1H3;1-2H3. The molecular formula is C9H14N2. The number of hydrogen-bond acceptors (Lipinski definition) is 2. The molecule has 0 aliphatic carbocycles. The van der Waals surface area contributed by atoms with Crippen LogP contribution in [0.4, 0.5) is 0 Å². The first-order chi connectivity index (χ1) is 5.33. The minimum Gasteiger partial charge on any atom is -0.307 e.